The molecule has 2 N–H and O–H groups in total. The third-order valence-electron chi connectivity index (χ3n) is 3.53. The molecule has 1 atom stereocenters. The van der Waals surface area contributed by atoms with E-state index in [2.05, 4.69) is 10.2 Å². The molecular weight excluding hydrogens is 344 g/mol. The summed E-state index contributed by atoms with van der Waals surface area (Å²) in [4.78, 5) is 11.9. The first-order valence-electron chi connectivity index (χ1n) is 7.23. The van der Waals surface area contributed by atoms with Crippen LogP contribution in [-0.2, 0) is 4.79 Å². The van der Waals surface area contributed by atoms with Gasteiger partial charge in [0.2, 0.25) is 5.91 Å². The van der Waals surface area contributed by atoms with Crippen molar-refractivity contribution < 1.29 is 4.79 Å². The van der Waals surface area contributed by atoms with Crippen molar-refractivity contribution in [2.24, 2.45) is 5.73 Å². The zero-order valence-corrected chi connectivity index (χ0v) is 14.5. The maximum Gasteiger partial charge on any atom is 0.235 e. The van der Waals surface area contributed by atoms with Crippen LogP contribution in [-0.4, -0.2) is 20.7 Å². The fraction of sp³-hybridized carbons (Fsp3) is 0.118. The molecule has 3 aromatic rings. The lowest BCUT2D eigenvalue weighted by Crippen LogP contribution is -2.19. The Morgan fingerprint density at radius 2 is 2.00 bits per heavy atom. The molecule has 0 aliphatic heterocycles. The molecule has 1 unspecified atom stereocenters. The molecule has 1 heterocycles. The van der Waals surface area contributed by atoms with Gasteiger partial charge < -0.3 is 5.73 Å². The van der Waals surface area contributed by atoms with Crippen LogP contribution in [0.25, 0.3) is 5.69 Å². The average molecular weight is 359 g/mol. The summed E-state index contributed by atoms with van der Waals surface area (Å²) in [5.74, 6) is -0.428. The normalized spacial score (nSPS) is 12.1. The van der Waals surface area contributed by atoms with E-state index in [1.807, 2.05) is 55.5 Å². The third kappa shape index (κ3) is 3.44. The van der Waals surface area contributed by atoms with Crippen molar-refractivity contribution in [3.05, 3.63) is 71.0 Å². The predicted molar refractivity (Wildman–Crippen MR) is 95.3 cm³/mol. The Hall–Kier alpha value is -2.31. The standard InChI is InChI=1S/C17H15ClN4OS/c1-11-7-8-13(9-14(11)18)22-10-20-21-17(22)24-15(16(19)23)12-5-3-2-4-6-12/h2-10,15H,1H3,(H2,19,23). The molecule has 5 nitrogen and oxygen atoms in total. The van der Waals surface area contributed by atoms with Gasteiger partial charge >= 0.3 is 0 Å². The summed E-state index contributed by atoms with van der Waals surface area (Å²) < 4.78 is 1.79. The largest absolute Gasteiger partial charge is 0.368 e. The molecule has 0 spiro atoms. The highest BCUT2D eigenvalue weighted by molar-refractivity contribution is 8.00. The maximum absolute atomic E-state index is 11.9. The number of primary amides is 1. The Morgan fingerprint density at radius 1 is 1.25 bits per heavy atom. The Kier molecular flexibility index (Phi) is 4.87. The number of carbonyl (C=O) groups is 1. The Morgan fingerprint density at radius 3 is 2.67 bits per heavy atom. The minimum absolute atomic E-state index is 0.428. The van der Waals surface area contributed by atoms with E-state index in [9.17, 15) is 4.79 Å². The number of aromatic nitrogens is 3. The van der Waals surface area contributed by atoms with Gasteiger partial charge in [-0.1, -0.05) is 59.8 Å². The zero-order chi connectivity index (χ0) is 17.1. The van der Waals surface area contributed by atoms with Gasteiger partial charge in [-0.2, -0.15) is 0 Å². The van der Waals surface area contributed by atoms with Crippen LogP contribution in [0.15, 0.2) is 60.0 Å². The number of rotatable bonds is 5. The number of thioether (sulfide) groups is 1. The van der Waals surface area contributed by atoms with Gasteiger partial charge in [0.1, 0.15) is 11.6 Å². The Bertz CT molecular complexity index is 866. The lowest BCUT2D eigenvalue weighted by molar-refractivity contribution is -0.117. The lowest BCUT2D eigenvalue weighted by atomic mass is 10.1. The number of hydrogen-bond acceptors (Lipinski definition) is 4. The molecule has 0 bridgehead atoms. The topological polar surface area (TPSA) is 73.8 Å². The van der Waals surface area contributed by atoms with Gasteiger partial charge in [0.25, 0.3) is 0 Å². The van der Waals surface area contributed by atoms with E-state index in [1.165, 1.54) is 11.8 Å². The first-order chi connectivity index (χ1) is 11.6. The van der Waals surface area contributed by atoms with E-state index in [1.54, 1.807) is 10.9 Å². The van der Waals surface area contributed by atoms with Crippen LogP contribution in [0.5, 0.6) is 0 Å². The summed E-state index contributed by atoms with van der Waals surface area (Å²) >= 11 is 7.46. The number of benzene rings is 2. The van der Waals surface area contributed by atoms with Crippen LogP contribution in [0.3, 0.4) is 0 Å². The van der Waals surface area contributed by atoms with Crippen LogP contribution in [0, 0.1) is 6.92 Å². The molecular formula is C17H15ClN4OS. The third-order valence-corrected chi connectivity index (χ3v) is 5.17. The second-order valence-electron chi connectivity index (χ2n) is 5.23. The van der Waals surface area contributed by atoms with E-state index in [4.69, 9.17) is 17.3 Å². The van der Waals surface area contributed by atoms with Crippen molar-refractivity contribution >= 4 is 29.3 Å². The monoisotopic (exact) mass is 358 g/mol. The maximum atomic E-state index is 11.9. The summed E-state index contributed by atoms with van der Waals surface area (Å²) in [5, 5.41) is 8.76. The number of hydrogen-bond donors (Lipinski definition) is 1. The van der Waals surface area contributed by atoms with Crippen molar-refractivity contribution in [2.45, 2.75) is 17.3 Å². The lowest BCUT2D eigenvalue weighted by Gasteiger charge is -2.14. The summed E-state index contributed by atoms with van der Waals surface area (Å²) in [6.45, 7) is 1.94. The first kappa shape index (κ1) is 16.5. The van der Waals surface area contributed by atoms with Gasteiger partial charge in [-0.3, -0.25) is 9.36 Å². The Labute approximate surface area is 148 Å². The summed E-state index contributed by atoms with van der Waals surface area (Å²) in [5.41, 5.74) is 8.22. The van der Waals surface area contributed by atoms with Crippen LogP contribution in [0.2, 0.25) is 5.02 Å². The molecule has 24 heavy (non-hydrogen) atoms. The smallest absolute Gasteiger partial charge is 0.235 e. The van der Waals surface area contributed by atoms with Crippen LogP contribution in [0.1, 0.15) is 16.4 Å². The van der Waals surface area contributed by atoms with Gasteiger partial charge in [-0.05, 0) is 30.2 Å². The molecule has 122 valence electrons. The van der Waals surface area contributed by atoms with E-state index in [-0.39, 0.29) is 0 Å². The van der Waals surface area contributed by atoms with Crippen LogP contribution < -0.4 is 5.73 Å². The molecule has 0 saturated heterocycles. The molecule has 2 aromatic carbocycles. The quantitative estimate of drug-likeness (QED) is 0.708. The summed E-state index contributed by atoms with van der Waals surface area (Å²) in [7, 11) is 0. The van der Waals surface area contributed by atoms with E-state index in [0.717, 1.165) is 16.8 Å². The fourth-order valence-corrected chi connectivity index (χ4v) is 3.39. The van der Waals surface area contributed by atoms with Crippen molar-refractivity contribution in [3.63, 3.8) is 0 Å². The van der Waals surface area contributed by atoms with Gasteiger partial charge in [-0.25, -0.2) is 0 Å². The van der Waals surface area contributed by atoms with Crippen molar-refractivity contribution in [3.8, 4) is 5.69 Å². The van der Waals surface area contributed by atoms with Gasteiger partial charge in [-0.15, -0.1) is 10.2 Å². The number of amides is 1. The minimum Gasteiger partial charge on any atom is -0.368 e. The highest BCUT2D eigenvalue weighted by Gasteiger charge is 2.22. The minimum atomic E-state index is -0.546. The second kappa shape index (κ2) is 7.07. The van der Waals surface area contributed by atoms with Crippen LogP contribution in [0.4, 0.5) is 0 Å². The van der Waals surface area contributed by atoms with E-state index in [0.29, 0.717) is 10.2 Å². The second-order valence-corrected chi connectivity index (χ2v) is 6.71. The first-order valence-corrected chi connectivity index (χ1v) is 8.49. The molecule has 7 heteroatoms. The molecule has 3 rings (SSSR count). The molecule has 0 aliphatic carbocycles. The summed E-state index contributed by atoms with van der Waals surface area (Å²) in [6.07, 6.45) is 1.59. The number of halogens is 1. The summed E-state index contributed by atoms with van der Waals surface area (Å²) in [6, 6.07) is 15.1. The fourth-order valence-electron chi connectivity index (χ4n) is 2.24. The number of aryl methyl sites for hydroxylation is 1. The molecule has 0 aliphatic rings. The van der Waals surface area contributed by atoms with Gasteiger partial charge in [0.05, 0.1) is 5.69 Å². The highest BCUT2D eigenvalue weighted by atomic mass is 35.5. The van der Waals surface area contributed by atoms with Crippen LogP contribution >= 0.6 is 23.4 Å². The number of nitrogens with two attached hydrogens (primary N) is 1. The number of nitrogens with zero attached hydrogens (tertiary/aromatic N) is 3. The number of carbonyl (C=O) groups excluding carboxylic acids is 1. The Balaban J connectivity index is 1.94. The average Bonchev–Trinajstić information content (AvgIpc) is 3.04. The predicted octanol–water partition coefficient (Wildman–Crippen LogP) is 3.55. The van der Waals surface area contributed by atoms with E-state index >= 15 is 0 Å². The van der Waals surface area contributed by atoms with Gasteiger partial charge in [0.15, 0.2) is 5.16 Å². The molecule has 0 fully saturated rings. The molecule has 1 amide bonds. The molecule has 0 saturated carbocycles. The van der Waals surface area contributed by atoms with Crippen molar-refractivity contribution in [2.75, 3.05) is 0 Å². The van der Waals surface area contributed by atoms with Crippen molar-refractivity contribution in [1.82, 2.24) is 14.8 Å². The highest BCUT2D eigenvalue weighted by Crippen LogP contribution is 2.35. The van der Waals surface area contributed by atoms with Gasteiger partial charge in [0, 0.05) is 5.02 Å². The zero-order valence-electron chi connectivity index (χ0n) is 12.9. The molecule has 1 aromatic heterocycles. The van der Waals surface area contributed by atoms with E-state index < -0.39 is 11.2 Å². The SMILES string of the molecule is Cc1ccc(-n2cnnc2SC(C(N)=O)c2ccccc2)cc1Cl. The van der Waals surface area contributed by atoms with Crippen molar-refractivity contribution in [1.29, 1.82) is 0 Å². The molecule has 0 radical (unpaired) electrons.